The minimum Gasteiger partial charge on any atom is -0.467 e. The van der Waals surface area contributed by atoms with Crippen LogP contribution in [0.4, 0.5) is 5.00 Å². The molecule has 26 heavy (non-hydrogen) atoms. The minimum atomic E-state index is -0.610. The number of carbonyl (C=O) groups excluding carboxylic acids is 3. The third-order valence-corrected chi connectivity index (χ3v) is 4.69. The van der Waals surface area contributed by atoms with E-state index in [4.69, 9.17) is 14.4 Å². The molecule has 1 aliphatic rings. The topological polar surface area (TPSA) is 113 Å². The molecule has 9 heteroatoms. The molecule has 2 aromatic rings. The summed E-state index contributed by atoms with van der Waals surface area (Å²) in [6.07, 6.45) is 1.57. The van der Waals surface area contributed by atoms with Gasteiger partial charge in [0.1, 0.15) is 16.8 Å². The first-order valence-electron chi connectivity index (χ1n) is 7.81. The Hall–Kier alpha value is -3.12. The maximum atomic E-state index is 12.1. The molecule has 1 N–H and O–H groups in total. The van der Waals surface area contributed by atoms with Gasteiger partial charge >= 0.3 is 5.97 Å². The summed E-state index contributed by atoms with van der Waals surface area (Å²) in [6, 6.07) is 7.02. The summed E-state index contributed by atoms with van der Waals surface area (Å²) >= 11 is 1.21. The van der Waals surface area contributed by atoms with Crippen molar-refractivity contribution < 1.29 is 23.5 Å². The first-order chi connectivity index (χ1) is 12.6. The van der Waals surface area contributed by atoms with Crippen LogP contribution in [0.25, 0.3) is 0 Å². The smallest absolute Gasteiger partial charge is 0.311 e. The summed E-state index contributed by atoms with van der Waals surface area (Å²) in [5, 5.41) is 13.5. The Balaban J connectivity index is 1.47. The molecule has 1 unspecified atom stereocenters. The summed E-state index contributed by atoms with van der Waals surface area (Å²) < 4.78 is 10.2. The van der Waals surface area contributed by atoms with E-state index in [1.165, 1.54) is 22.5 Å². The number of nitrogens with one attached hydrogen (secondary N) is 1. The summed E-state index contributed by atoms with van der Waals surface area (Å²) in [4.78, 5) is 37.5. The monoisotopic (exact) mass is 373 g/mol. The van der Waals surface area contributed by atoms with Crippen LogP contribution >= 0.6 is 11.3 Å². The molecule has 0 spiro atoms. The van der Waals surface area contributed by atoms with Gasteiger partial charge in [0.25, 0.3) is 5.91 Å². The molecule has 3 heterocycles. The Morgan fingerprint density at radius 2 is 2.31 bits per heavy atom. The zero-order chi connectivity index (χ0) is 18.5. The van der Waals surface area contributed by atoms with E-state index in [1.54, 1.807) is 23.6 Å². The third-order valence-electron chi connectivity index (χ3n) is 3.86. The van der Waals surface area contributed by atoms with Crippen LogP contribution in [0.2, 0.25) is 0 Å². The van der Waals surface area contributed by atoms with Gasteiger partial charge in [0.2, 0.25) is 5.91 Å². The number of carbonyl (C=O) groups is 3. The summed E-state index contributed by atoms with van der Waals surface area (Å²) in [5.41, 5.74) is 0.352. The number of rotatable bonds is 6. The Morgan fingerprint density at radius 3 is 3.04 bits per heavy atom. The first-order valence-corrected chi connectivity index (χ1v) is 8.69. The molecule has 0 aromatic carbocycles. The highest BCUT2D eigenvalue weighted by atomic mass is 32.1. The number of furan rings is 1. The van der Waals surface area contributed by atoms with Crippen LogP contribution in [-0.4, -0.2) is 35.8 Å². The number of nitriles is 1. The number of amides is 2. The van der Waals surface area contributed by atoms with Crippen molar-refractivity contribution in [2.24, 2.45) is 5.92 Å². The number of esters is 1. The van der Waals surface area contributed by atoms with E-state index >= 15 is 0 Å². The zero-order valence-corrected chi connectivity index (χ0v) is 14.5. The van der Waals surface area contributed by atoms with Crippen molar-refractivity contribution >= 4 is 34.1 Å². The minimum absolute atomic E-state index is 0.0463. The van der Waals surface area contributed by atoms with Crippen LogP contribution in [0.1, 0.15) is 17.7 Å². The Kier molecular flexibility index (Phi) is 5.34. The molecule has 0 radical (unpaired) electrons. The van der Waals surface area contributed by atoms with Gasteiger partial charge < -0.3 is 19.4 Å². The van der Waals surface area contributed by atoms with Gasteiger partial charge in [-0.1, -0.05) is 0 Å². The van der Waals surface area contributed by atoms with Crippen LogP contribution in [0, 0.1) is 17.2 Å². The fourth-order valence-electron chi connectivity index (χ4n) is 2.58. The van der Waals surface area contributed by atoms with E-state index in [2.05, 4.69) is 5.32 Å². The average Bonchev–Trinajstić information content (AvgIpc) is 3.35. The molecular weight excluding hydrogens is 358 g/mol. The molecule has 1 saturated heterocycles. The standard InChI is InChI=1S/C17H15N3O5S/c18-7-11-3-5-26-16(11)19-14(21)10-25-17(23)12-6-15(22)20(8-12)9-13-2-1-4-24-13/h1-5,12H,6,8-10H2,(H,19,21). The van der Waals surface area contributed by atoms with E-state index in [-0.39, 0.29) is 18.9 Å². The number of thiophene rings is 1. The normalized spacial score (nSPS) is 16.3. The predicted molar refractivity (Wildman–Crippen MR) is 90.9 cm³/mol. The van der Waals surface area contributed by atoms with E-state index in [9.17, 15) is 14.4 Å². The second kappa shape index (κ2) is 7.84. The lowest BCUT2D eigenvalue weighted by molar-refractivity contribution is -0.151. The highest BCUT2D eigenvalue weighted by Gasteiger charge is 2.35. The highest BCUT2D eigenvalue weighted by molar-refractivity contribution is 7.14. The van der Waals surface area contributed by atoms with Crippen LogP contribution in [0.5, 0.6) is 0 Å². The largest absolute Gasteiger partial charge is 0.467 e. The molecule has 3 rings (SSSR count). The van der Waals surface area contributed by atoms with Crippen molar-refractivity contribution in [1.82, 2.24) is 4.90 Å². The molecule has 0 bridgehead atoms. The van der Waals surface area contributed by atoms with E-state index in [1.807, 2.05) is 6.07 Å². The summed E-state index contributed by atoms with van der Waals surface area (Å²) in [5.74, 6) is -1.26. The van der Waals surface area contributed by atoms with Crippen molar-refractivity contribution in [2.45, 2.75) is 13.0 Å². The SMILES string of the molecule is N#Cc1ccsc1NC(=O)COC(=O)C1CC(=O)N(Cc2ccco2)C1. The molecule has 0 aliphatic carbocycles. The lowest BCUT2D eigenvalue weighted by Gasteiger charge is -2.14. The maximum absolute atomic E-state index is 12.1. The van der Waals surface area contributed by atoms with Gasteiger partial charge in [0, 0.05) is 13.0 Å². The quantitative estimate of drug-likeness (QED) is 0.772. The lowest BCUT2D eigenvalue weighted by atomic mass is 10.1. The van der Waals surface area contributed by atoms with Crippen molar-refractivity contribution in [3.8, 4) is 6.07 Å². The molecule has 2 amide bonds. The molecule has 8 nitrogen and oxygen atoms in total. The van der Waals surface area contributed by atoms with Crippen LogP contribution in [-0.2, 0) is 25.7 Å². The Morgan fingerprint density at radius 1 is 1.46 bits per heavy atom. The van der Waals surface area contributed by atoms with E-state index in [0.29, 0.717) is 22.9 Å². The van der Waals surface area contributed by atoms with Crippen LogP contribution in [0.15, 0.2) is 34.3 Å². The molecule has 1 fully saturated rings. The van der Waals surface area contributed by atoms with Gasteiger partial charge in [-0.05, 0) is 23.6 Å². The molecular formula is C17H15N3O5S. The van der Waals surface area contributed by atoms with Crippen LogP contribution in [0.3, 0.4) is 0 Å². The first kappa shape index (κ1) is 17.7. The van der Waals surface area contributed by atoms with E-state index < -0.39 is 24.4 Å². The number of hydrogen-bond acceptors (Lipinski definition) is 7. The summed E-state index contributed by atoms with van der Waals surface area (Å²) in [7, 11) is 0. The highest BCUT2D eigenvalue weighted by Crippen LogP contribution is 2.23. The van der Waals surface area contributed by atoms with Crippen molar-refractivity contribution in [2.75, 3.05) is 18.5 Å². The molecule has 0 saturated carbocycles. The summed E-state index contributed by atoms with van der Waals surface area (Å²) in [6.45, 7) is 0.0549. The van der Waals surface area contributed by atoms with Crippen molar-refractivity contribution in [1.29, 1.82) is 5.26 Å². The van der Waals surface area contributed by atoms with Gasteiger partial charge in [0.05, 0.1) is 24.3 Å². The van der Waals surface area contributed by atoms with Gasteiger partial charge in [-0.3, -0.25) is 14.4 Å². The number of ether oxygens (including phenoxy) is 1. The lowest BCUT2D eigenvalue weighted by Crippen LogP contribution is -2.28. The fourth-order valence-corrected chi connectivity index (χ4v) is 3.34. The van der Waals surface area contributed by atoms with Crippen LogP contribution < -0.4 is 5.32 Å². The van der Waals surface area contributed by atoms with Crippen molar-refractivity contribution in [3.63, 3.8) is 0 Å². The Bertz CT molecular complexity index is 852. The zero-order valence-electron chi connectivity index (χ0n) is 13.6. The third kappa shape index (κ3) is 4.10. The Labute approximate surface area is 153 Å². The number of anilines is 1. The number of nitrogens with zero attached hydrogens (tertiary/aromatic N) is 2. The van der Waals surface area contributed by atoms with Crippen molar-refractivity contribution in [3.05, 3.63) is 41.2 Å². The molecule has 1 aliphatic heterocycles. The molecule has 1 atom stereocenters. The number of likely N-dealkylation sites (tertiary alicyclic amines) is 1. The average molecular weight is 373 g/mol. The van der Waals surface area contributed by atoms with Gasteiger partial charge in [-0.15, -0.1) is 11.3 Å². The van der Waals surface area contributed by atoms with E-state index in [0.717, 1.165) is 0 Å². The predicted octanol–water partition coefficient (Wildman–Crippen LogP) is 1.74. The molecule has 2 aromatic heterocycles. The van der Waals surface area contributed by atoms with Gasteiger partial charge in [-0.2, -0.15) is 5.26 Å². The van der Waals surface area contributed by atoms with Gasteiger partial charge in [0.15, 0.2) is 6.61 Å². The van der Waals surface area contributed by atoms with Gasteiger partial charge in [-0.25, -0.2) is 0 Å². The fraction of sp³-hybridized carbons (Fsp3) is 0.294. The molecule has 134 valence electrons. The number of hydrogen-bond donors (Lipinski definition) is 1. The maximum Gasteiger partial charge on any atom is 0.311 e. The second-order valence-corrected chi connectivity index (χ2v) is 6.60. The second-order valence-electron chi connectivity index (χ2n) is 5.69.